The molecule has 6 aromatic heterocycles. The summed E-state index contributed by atoms with van der Waals surface area (Å²) in [6.07, 6.45) is 5.43. The number of fused-ring (bicyclic) bond motifs is 15. The molecule has 11 heterocycles. The molecule has 0 N–H and O–H groups in total. The summed E-state index contributed by atoms with van der Waals surface area (Å²) < 4.78 is 0. The maximum atomic E-state index is 5.16. The van der Waals surface area contributed by atoms with E-state index in [0.29, 0.717) is 0 Å². The first kappa shape index (κ1) is 104. The van der Waals surface area contributed by atoms with Crippen molar-refractivity contribution in [2.24, 2.45) is 0 Å². The minimum Gasteiger partial charge on any atom is -0.574 e. The van der Waals surface area contributed by atoms with E-state index in [2.05, 4.69) is 448 Å². The van der Waals surface area contributed by atoms with Crippen molar-refractivity contribution in [2.75, 3.05) is 33.3 Å². The van der Waals surface area contributed by atoms with Gasteiger partial charge in [0.25, 0.3) is 0 Å². The fourth-order valence-corrected chi connectivity index (χ4v) is 33.3. The molecule has 27 rings (SSSR count). The van der Waals surface area contributed by atoms with Crippen LogP contribution in [0.15, 0.2) is 461 Å². The molecule has 5 unspecified atom stereocenters. The van der Waals surface area contributed by atoms with E-state index in [4.69, 9.17) is 15.0 Å². The second kappa shape index (κ2) is 46.9. The van der Waals surface area contributed by atoms with Crippen molar-refractivity contribution in [3.63, 3.8) is 0 Å². The molecular formula is C129H96N7Os5P5+5. The van der Waals surface area contributed by atoms with E-state index < -0.39 is 39.6 Å². The molecule has 0 saturated heterocycles. The molecule has 5 aliphatic heterocycles. The Morgan fingerprint density at radius 3 is 0.918 bits per heavy atom. The quantitative estimate of drug-likeness (QED) is 0.0889. The second-order valence-electron chi connectivity index (χ2n) is 35.7. The van der Waals surface area contributed by atoms with Gasteiger partial charge in [0.15, 0.2) is 0 Å². The molecule has 16 aromatic carbocycles. The standard InChI is InChI=1S/2C30H21NP.2C24H17NP.C21H15N3P.5Os/c1-32-29-18-9-8-15-24(29)25-16-10-17-26(30(25)32)28-20-23(21-11-4-2-5-12-21)19-27(31-28)22-13-6-3-7-14-22;1-32-29-16-6-5-13-26(29)27-15-8-14-25(30(27)32)23-11-7-12-24(19-23)28-20-22(17-18-31-28)21-9-3-2-4-10-21;1-26-23-14-3-2-10-20(23)21-12-7-11-19(24(21)26)17-8-6-9-18(16-17)22-13-4-5-15-25-22;1-26-23-16-6-5-11-18(23)19-12-7-13-20(24(19)26)22-15-8-14-21(25-22)17-9-3-2-4-10-17;1-25-20-11-3-2-6-14(20)15-7-4-8-16(21(15)25)17-9-5-10-18(23-17)19-12-13-22-24-19;;;;;/h2-13,15-20H,1H3;2-18,20H,1H3;2-15H,1H3;2-9,11-16H,1H3;2-13H,1H3;;;;;/q5*-1;5*+1/p+5. The molecule has 5 aliphatic rings. The van der Waals surface area contributed by atoms with Gasteiger partial charge in [0, 0.05) is 102 Å². The molecular weight excluding hydrogens is 2750 g/mol. The third-order valence-electron chi connectivity index (χ3n) is 27.5. The SMILES string of the molecule is C[PH+]1c2ccccc2-c2cccc(-c3[c-]c(-c4cc(-c5ccccc5)ccn4)ccc3)c21.C[PH+]1c2ccccc2-c2cccc(-c3[c-]c(-c4ccccn4)ccc3)c21.C[PH+]1c2ccccc2-c2cccc(-c3cc(-c4ccccc4)cc(-c4[c-]cccc4)n3)c21.C[PH+]1c2ccccc2-c2cccc(-c3cccc(-c4[c-]cccc4)n3)c21.C[PH+]1c2ccccc2-c2cccc(-c3cccc(-c4ccn[n-]4)n3)c21.[Os+].[Os+].[Os+].[Os+].[Os+]. The van der Waals surface area contributed by atoms with Crippen molar-refractivity contribution in [2.45, 2.75) is 0 Å². The number of hydrogen-bond acceptors (Lipinski definition) is 6. The third kappa shape index (κ3) is 20.7. The fourth-order valence-electron chi connectivity index (χ4n) is 20.9. The van der Waals surface area contributed by atoms with E-state index in [1.807, 2.05) is 85.2 Å². The van der Waals surface area contributed by atoms with Crippen molar-refractivity contribution in [1.29, 1.82) is 0 Å². The van der Waals surface area contributed by atoms with Crippen LogP contribution in [0, 0.1) is 24.3 Å². The van der Waals surface area contributed by atoms with E-state index in [1.165, 1.54) is 159 Å². The fraction of sp³-hybridized carbons (Fsp3) is 0.0388. The van der Waals surface area contributed by atoms with Crippen LogP contribution >= 0.6 is 39.6 Å². The van der Waals surface area contributed by atoms with Gasteiger partial charge in [-0.2, -0.15) is 0 Å². The summed E-state index contributed by atoms with van der Waals surface area (Å²) >= 11 is 0. The summed E-state index contributed by atoms with van der Waals surface area (Å²) in [4.78, 5) is 24.1. The van der Waals surface area contributed by atoms with Crippen LogP contribution in [-0.2, 0) is 99.0 Å². The molecule has 22 aromatic rings. The molecule has 0 aliphatic carbocycles. The normalized spacial score (nSPS) is 14.0. The van der Waals surface area contributed by atoms with Crippen molar-refractivity contribution in [1.82, 2.24) is 35.1 Å². The van der Waals surface area contributed by atoms with Gasteiger partial charge in [-0.15, -0.1) is 131 Å². The van der Waals surface area contributed by atoms with Crippen LogP contribution < -0.4 is 58.1 Å². The Morgan fingerprint density at radius 1 is 0.192 bits per heavy atom. The summed E-state index contributed by atoms with van der Waals surface area (Å²) in [5.74, 6) is 0. The summed E-state index contributed by atoms with van der Waals surface area (Å²) in [7, 11) is -3.96. The number of aromatic nitrogens is 7. The topological polar surface area (TPSA) is 91.4 Å². The van der Waals surface area contributed by atoms with Crippen LogP contribution in [0.25, 0.3) is 190 Å². The van der Waals surface area contributed by atoms with Gasteiger partial charge in [0.05, 0.1) is 106 Å². The Hall–Kier alpha value is -12.2. The van der Waals surface area contributed by atoms with E-state index >= 15 is 0 Å². The van der Waals surface area contributed by atoms with Gasteiger partial charge in [0.1, 0.15) is 42.4 Å². The van der Waals surface area contributed by atoms with Crippen molar-refractivity contribution >= 4 is 92.7 Å². The van der Waals surface area contributed by atoms with Gasteiger partial charge >= 0.3 is 99.0 Å². The molecule has 7 nitrogen and oxygen atoms in total. The summed E-state index contributed by atoms with van der Waals surface area (Å²) in [5.41, 5.74) is 40.0. The maximum Gasteiger partial charge on any atom is 1.00 e. The smallest absolute Gasteiger partial charge is 0.574 e. The van der Waals surface area contributed by atoms with E-state index in [9.17, 15) is 0 Å². The minimum atomic E-state index is -0.849. The van der Waals surface area contributed by atoms with E-state index in [0.717, 1.165) is 84.6 Å². The first-order chi connectivity index (χ1) is 69.6. The summed E-state index contributed by atoms with van der Waals surface area (Å²) in [6, 6.07) is 170. The largest absolute Gasteiger partial charge is 1.00 e. The van der Waals surface area contributed by atoms with Gasteiger partial charge < -0.3 is 10.2 Å². The Balaban J connectivity index is 0.000000119. The Kier molecular flexibility index (Phi) is 33.3. The van der Waals surface area contributed by atoms with Crippen molar-refractivity contribution < 1.29 is 99.0 Å². The number of rotatable bonds is 12. The first-order valence-corrected chi connectivity index (χ1v) is 57.8. The molecule has 5 atom stereocenters. The zero-order valence-electron chi connectivity index (χ0n) is 80.3. The molecule has 5 radical (unpaired) electrons. The average molecular weight is 2850 g/mol. The van der Waals surface area contributed by atoms with Gasteiger partial charge in [-0.1, -0.05) is 290 Å². The molecule has 0 amide bonds. The van der Waals surface area contributed by atoms with Crippen molar-refractivity contribution in [3.8, 4) is 190 Å². The zero-order chi connectivity index (χ0) is 94.8. The van der Waals surface area contributed by atoms with Crippen LogP contribution in [0.4, 0.5) is 0 Å². The van der Waals surface area contributed by atoms with Gasteiger partial charge in [-0.25, -0.2) is 4.98 Å². The molecule has 0 fully saturated rings. The number of benzene rings is 16. The average Bonchev–Trinajstić information content (AvgIpc) is 1.61. The predicted molar refractivity (Wildman–Crippen MR) is 608 cm³/mol. The molecule has 17 heteroatoms. The summed E-state index contributed by atoms with van der Waals surface area (Å²) in [6.45, 7) is 12.0. The van der Waals surface area contributed by atoms with Gasteiger partial charge in [0.2, 0.25) is 0 Å². The number of hydrogen-bond donors (Lipinski definition) is 0. The molecule has 146 heavy (non-hydrogen) atoms. The zero-order valence-corrected chi connectivity index (χ0v) is 98.0. The van der Waals surface area contributed by atoms with Gasteiger partial charge in [-0.05, 0) is 130 Å². The molecule has 0 saturated carbocycles. The Morgan fingerprint density at radius 2 is 0.493 bits per heavy atom. The predicted octanol–water partition coefficient (Wildman–Crippen LogP) is 26.8. The molecule has 0 bridgehead atoms. The Bertz CT molecular complexity index is 8200. The maximum absolute atomic E-state index is 5.16. The second-order valence-corrected chi connectivity index (χ2v) is 47.2. The summed E-state index contributed by atoms with van der Waals surface area (Å²) in [5, 5.41) is 23.0. The third-order valence-corrected chi connectivity index (χ3v) is 40.2. The van der Waals surface area contributed by atoms with Crippen LogP contribution in [0.5, 0.6) is 0 Å². The van der Waals surface area contributed by atoms with Crippen LogP contribution in [0.2, 0.25) is 0 Å². The number of pyridine rings is 5. The van der Waals surface area contributed by atoms with E-state index in [1.54, 1.807) is 6.20 Å². The molecule has 707 valence electrons. The van der Waals surface area contributed by atoms with E-state index in [-0.39, 0.29) is 99.0 Å². The van der Waals surface area contributed by atoms with Crippen molar-refractivity contribution in [3.05, 3.63) is 486 Å². The number of nitrogens with zero attached hydrogens (tertiary/aromatic N) is 7. The molecule has 0 spiro atoms. The minimum absolute atomic E-state index is 0. The Labute approximate surface area is 926 Å². The monoisotopic (exact) mass is 2860 g/mol. The van der Waals surface area contributed by atoms with Gasteiger partial charge in [-0.3, -0.25) is 19.9 Å². The van der Waals surface area contributed by atoms with Crippen LogP contribution in [-0.4, -0.2) is 63.3 Å². The van der Waals surface area contributed by atoms with Crippen LogP contribution in [0.3, 0.4) is 0 Å². The first-order valence-electron chi connectivity index (χ1n) is 47.8. The van der Waals surface area contributed by atoms with Crippen LogP contribution in [0.1, 0.15) is 0 Å².